The molecule has 3 rings (SSSR count). The predicted octanol–water partition coefficient (Wildman–Crippen LogP) is 5.81. The fourth-order valence-electron chi connectivity index (χ4n) is 2.79. The van der Waals surface area contributed by atoms with Crippen LogP contribution in [0.15, 0.2) is 78.5 Å². The summed E-state index contributed by atoms with van der Waals surface area (Å²) < 4.78 is 17.8. The zero-order valence-electron chi connectivity index (χ0n) is 16.1. The van der Waals surface area contributed by atoms with E-state index in [0.717, 1.165) is 34.7 Å². The van der Waals surface area contributed by atoms with Crippen molar-refractivity contribution in [3.63, 3.8) is 0 Å². The van der Waals surface area contributed by atoms with E-state index >= 15 is 0 Å². The minimum absolute atomic E-state index is 0.0822. The van der Waals surface area contributed by atoms with Crippen molar-refractivity contribution in [2.75, 3.05) is 12.4 Å². The number of hydrogen-bond donors (Lipinski definition) is 2. The van der Waals surface area contributed by atoms with Gasteiger partial charge in [0.1, 0.15) is 22.9 Å². The number of rotatable bonds is 9. The number of benzene rings is 2. The van der Waals surface area contributed by atoms with Crippen LogP contribution in [0.5, 0.6) is 5.75 Å². The van der Waals surface area contributed by atoms with E-state index in [-0.39, 0.29) is 17.9 Å². The van der Waals surface area contributed by atoms with E-state index < -0.39 is 0 Å². The number of pyridine rings is 1. The molecule has 150 valence electrons. The summed E-state index contributed by atoms with van der Waals surface area (Å²) in [5.74, 6) is 0.931. The number of hydrogen-bond acceptors (Lipinski definition) is 5. The van der Waals surface area contributed by atoms with Crippen LogP contribution >= 0.6 is 21.4 Å². The summed E-state index contributed by atoms with van der Waals surface area (Å²) in [6.07, 6.45) is 1.61. The molecule has 0 spiro atoms. The Hall–Kier alpha value is -2.40. The van der Waals surface area contributed by atoms with Gasteiger partial charge < -0.3 is 15.4 Å². The molecule has 0 saturated carbocycles. The number of nitrogens with one attached hydrogen (secondary N) is 2. The number of nitrogens with zero attached hydrogens (tertiary/aromatic N) is 1. The topological polar surface area (TPSA) is 46.2 Å². The monoisotopic (exact) mass is 427 g/mol. The molecule has 2 atom stereocenters. The molecule has 4 nitrogen and oxygen atoms in total. The highest BCUT2D eigenvalue weighted by Gasteiger charge is 2.08. The largest absolute Gasteiger partial charge is 0.497 e. The maximum Gasteiger partial charge on any atom is 0.129 e. The van der Waals surface area contributed by atoms with Crippen molar-refractivity contribution in [2.24, 2.45) is 0 Å². The standard InChI is InChI=1S/C22H23FN3OPS/c1-15(18-9-10-21(29-23)24-14-18)26-19-7-4-6-17(12-19)22(28)25-13-16-5-3-8-20(11-16)27-2/h3-12,14,22,25-26H,1,13,28H2,2H3. The van der Waals surface area contributed by atoms with Gasteiger partial charge in [-0.15, -0.1) is 9.24 Å². The van der Waals surface area contributed by atoms with Crippen molar-refractivity contribution in [2.45, 2.75) is 17.4 Å². The molecule has 0 saturated heterocycles. The van der Waals surface area contributed by atoms with E-state index in [1.54, 1.807) is 25.4 Å². The highest BCUT2D eigenvalue weighted by atomic mass is 32.2. The van der Waals surface area contributed by atoms with Crippen LogP contribution in [0.4, 0.5) is 9.57 Å². The van der Waals surface area contributed by atoms with Crippen molar-refractivity contribution in [3.05, 3.63) is 90.1 Å². The van der Waals surface area contributed by atoms with Crippen LogP contribution in [0.1, 0.15) is 22.5 Å². The first-order valence-corrected chi connectivity index (χ1v) is 10.4. The highest BCUT2D eigenvalue weighted by molar-refractivity contribution is 7.94. The Morgan fingerprint density at radius 1 is 1.21 bits per heavy atom. The summed E-state index contributed by atoms with van der Waals surface area (Å²) in [4.78, 5) is 4.04. The summed E-state index contributed by atoms with van der Waals surface area (Å²) in [6, 6.07) is 19.5. The first-order valence-electron chi connectivity index (χ1n) is 9.02. The van der Waals surface area contributed by atoms with E-state index in [1.165, 1.54) is 0 Å². The maximum absolute atomic E-state index is 12.5. The summed E-state index contributed by atoms with van der Waals surface area (Å²) >= 11 is 0.126. The van der Waals surface area contributed by atoms with Gasteiger partial charge in [0.15, 0.2) is 0 Å². The molecule has 0 bridgehead atoms. The second-order valence-electron chi connectivity index (χ2n) is 6.40. The van der Waals surface area contributed by atoms with Crippen molar-refractivity contribution in [1.29, 1.82) is 0 Å². The molecule has 2 unspecified atom stereocenters. The minimum atomic E-state index is 0.0822. The fourth-order valence-corrected chi connectivity index (χ4v) is 3.33. The van der Waals surface area contributed by atoms with Gasteiger partial charge in [-0.05, 0) is 47.5 Å². The summed E-state index contributed by atoms with van der Waals surface area (Å²) in [5, 5.41) is 7.12. The zero-order valence-corrected chi connectivity index (χ0v) is 18.0. The van der Waals surface area contributed by atoms with Gasteiger partial charge in [0.05, 0.1) is 7.11 Å². The molecule has 2 N–H and O–H groups in total. The molecular formula is C22H23FN3OPS. The third-order valence-electron chi connectivity index (χ3n) is 4.37. The number of anilines is 1. The molecule has 2 aromatic carbocycles. The van der Waals surface area contributed by atoms with Gasteiger partial charge in [-0.25, -0.2) is 4.98 Å². The van der Waals surface area contributed by atoms with Gasteiger partial charge in [-0.2, -0.15) is 3.89 Å². The average molecular weight is 427 g/mol. The number of halogens is 1. The van der Waals surface area contributed by atoms with Crippen LogP contribution in [0.2, 0.25) is 0 Å². The van der Waals surface area contributed by atoms with Crippen LogP contribution in [-0.4, -0.2) is 12.1 Å². The van der Waals surface area contributed by atoms with Gasteiger partial charge in [0.2, 0.25) is 0 Å². The van der Waals surface area contributed by atoms with Crippen LogP contribution in [0, 0.1) is 0 Å². The molecule has 0 amide bonds. The molecular weight excluding hydrogens is 404 g/mol. The molecule has 7 heteroatoms. The molecule has 0 aliphatic rings. The van der Waals surface area contributed by atoms with Crippen molar-refractivity contribution < 1.29 is 8.62 Å². The third kappa shape index (κ3) is 6.04. The molecule has 1 aromatic heterocycles. The van der Waals surface area contributed by atoms with Gasteiger partial charge in [-0.1, -0.05) is 30.8 Å². The highest BCUT2D eigenvalue weighted by Crippen LogP contribution is 2.26. The van der Waals surface area contributed by atoms with E-state index in [0.29, 0.717) is 10.7 Å². The van der Waals surface area contributed by atoms with Gasteiger partial charge in [0, 0.05) is 35.5 Å². The van der Waals surface area contributed by atoms with Crippen molar-refractivity contribution in [3.8, 4) is 5.75 Å². The van der Waals surface area contributed by atoms with E-state index in [2.05, 4.69) is 49.6 Å². The Morgan fingerprint density at radius 2 is 2.03 bits per heavy atom. The zero-order chi connectivity index (χ0) is 20.6. The van der Waals surface area contributed by atoms with Crippen LogP contribution < -0.4 is 15.4 Å². The Bertz CT molecular complexity index is 968. The SMILES string of the molecule is C=C(Nc1cccc(C(P)NCc2cccc(OC)c2)c1)c1ccc(SF)nc1. The smallest absolute Gasteiger partial charge is 0.129 e. The van der Waals surface area contributed by atoms with Gasteiger partial charge in [-0.3, -0.25) is 0 Å². The van der Waals surface area contributed by atoms with E-state index in [9.17, 15) is 3.89 Å². The first-order chi connectivity index (χ1) is 14.1. The lowest BCUT2D eigenvalue weighted by Gasteiger charge is -2.17. The average Bonchev–Trinajstić information content (AvgIpc) is 2.77. The summed E-state index contributed by atoms with van der Waals surface area (Å²) in [7, 11) is 4.50. The lowest BCUT2D eigenvalue weighted by molar-refractivity contribution is 0.414. The normalized spacial score (nSPS) is 11.7. The number of ether oxygens (including phenoxy) is 1. The van der Waals surface area contributed by atoms with E-state index in [4.69, 9.17) is 4.74 Å². The Morgan fingerprint density at radius 3 is 2.76 bits per heavy atom. The summed E-state index contributed by atoms with van der Waals surface area (Å²) in [6.45, 7) is 4.78. The first kappa shape index (κ1) is 21.3. The molecule has 0 aliphatic heterocycles. The lowest BCUT2D eigenvalue weighted by atomic mass is 10.1. The number of methoxy groups -OCH3 is 1. The molecule has 0 radical (unpaired) electrons. The Labute approximate surface area is 177 Å². The van der Waals surface area contributed by atoms with Crippen LogP contribution in [0.25, 0.3) is 5.70 Å². The molecule has 29 heavy (non-hydrogen) atoms. The second kappa shape index (κ2) is 10.4. The van der Waals surface area contributed by atoms with Crippen molar-refractivity contribution in [1.82, 2.24) is 10.3 Å². The Balaban J connectivity index is 1.62. The molecule has 0 fully saturated rings. The molecule has 0 aliphatic carbocycles. The molecule has 3 aromatic rings. The van der Waals surface area contributed by atoms with Crippen LogP contribution in [0.3, 0.4) is 0 Å². The quantitative estimate of drug-likeness (QED) is 0.422. The van der Waals surface area contributed by atoms with E-state index in [1.807, 2.05) is 30.3 Å². The third-order valence-corrected chi connectivity index (χ3v) is 5.39. The Kier molecular flexibility index (Phi) is 7.64. The summed E-state index contributed by atoms with van der Waals surface area (Å²) in [5.41, 5.74) is 4.72. The second-order valence-corrected chi connectivity index (χ2v) is 7.64. The maximum atomic E-state index is 12.5. The predicted molar refractivity (Wildman–Crippen MR) is 123 cm³/mol. The van der Waals surface area contributed by atoms with Crippen molar-refractivity contribution >= 4 is 32.8 Å². The molecule has 1 heterocycles. The van der Waals surface area contributed by atoms with Gasteiger partial charge >= 0.3 is 0 Å². The lowest BCUT2D eigenvalue weighted by Crippen LogP contribution is -2.16. The number of aromatic nitrogens is 1. The van der Waals surface area contributed by atoms with Crippen LogP contribution in [-0.2, 0) is 6.54 Å². The fraction of sp³-hybridized carbons (Fsp3) is 0.136. The van der Waals surface area contributed by atoms with Gasteiger partial charge in [0.25, 0.3) is 0 Å². The minimum Gasteiger partial charge on any atom is -0.497 e.